The van der Waals surface area contributed by atoms with Crippen molar-refractivity contribution in [2.24, 2.45) is 5.73 Å². The van der Waals surface area contributed by atoms with Gasteiger partial charge in [-0.3, -0.25) is 4.79 Å². The van der Waals surface area contributed by atoms with Crippen LogP contribution in [0.1, 0.15) is 29.7 Å². The molecule has 3 rings (SSSR count). The molecule has 118 valence electrons. The molecule has 0 radical (unpaired) electrons. The molecular formula is C19H20N2O2. The number of ether oxygens (including phenoxy) is 1. The number of methoxy groups -OCH3 is 1. The highest BCUT2D eigenvalue weighted by atomic mass is 16.5. The lowest BCUT2D eigenvalue weighted by atomic mass is 9.97. The molecule has 0 spiro atoms. The third-order valence-corrected chi connectivity index (χ3v) is 4.12. The number of H-pyrrole nitrogens is 1. The Morgan fingerprint density at radius 1 is 1.13 bits per heavy atom. The van der Waals surface area contributed by atoms with Crippen molar-refractivity contribution in [1.82, 2.24) is 4.98 Å². The fraction of sp³-hybridized carbons (Fsp3) is 0.211. The van der Waals surface area contributed by atoms with Gasteiger partial charge in [0.2, 0.25) is 0 Å². The molecule has 0 aliphatic carbocycles. The molecule has 0 aliphatic heterocycles. The molecule has 0 fully saturated rings. The maximum absolute atomic E-state index is 11.9. The van der Waals surface area contributed by atoms with Crippen molar-refractivity contribution < 1.29 is 4.74 Å². The van der Waals surface area contributed by atoms with Crippen LogP contribution in [0.5, 0.6) is 5.75 Å². The van der Waals surface area contributed by atoms with Crippen LogP contribution in [0.4, 0.5) is 0 Å². The van der Waals surface area contributed by atoms with E-state index in [9.17, 15) is 4.79 Å². The number of rotatable bonds is 4. The summed E-state index contributed by atoms with van der Waals surface area (Å²) in [5.41, 5.74) is 9.08. The third kappa shape index (κ3) is 2.98. The first kappa shape index (κ1) is 15.3. The molecule has 1 heterocycles. The van der Waals surface area contributed by atoms with Gasteiger partial charge in [-0.25, -0.2) is 0 Å². The molecule has 0 amide bonds. The maximum atomic E-state index is 11.9. The highest BCUT2D eigenvalue weighted by molar-refractivity contribution is 5.85. The molecule has 0 saturated carbocycles. The lowest BCUT2D eigenvalue weighted by molar-refractivity contribution is 0.409. The smallest absolute Gasteiger partial charge is 0.255 e. The first-order valence-electron chi connectivity index (χ1n) is 7.62. The molecule has 0 unspecified atom stereocenters. The molecule has 4 nitrogen and oxygen atoms in total. The minimum Gasteiger partial charge on any atom is -0.496 e. The molecule has 23 heavy (non-hydrogen) atoms. The molecule has 1 atom stereocenters. The van der Waals surface area contributed by atoms with Crippen LogP contribution < -0.4 is 16.0 Å². The largest absolute Gasteiger partial charge is 0.496 e. The summed E-state index contributed by atoms with van der Waals surface area (Å²) in [6.45, 7) is 1.95. The summed E-state index contributed by atoms with van der Waals surface area (Å²) in [5.74, 6) is 0.821. The van der Waals surface area contributed by atoms with Gasteiger partial charge in [0.1, 0.15) is 5.75 Å². The molecule has 3 N–H and O–H groups in total. The average Bonchev–Trinajstić information content (AvgIpc) is 2.56. The molecular weight excluding hydrogens is 288 g/mol. The Labute approximate surface area is 134 Å². The number of aromatic nitrogens is 1. The van der Waals surface area contributed by atoms with Crippen LogP contribution in [0.15, 0.2) is 53.5 Å². The third-order valence-electron chi connectivity index (χ3n) is 4.12. The zero-order chi connectivity index (χ0) is 16.4. The summed E-state index contributed by atoms with van der Waals surface area (Å²) < 4.78 is 5.52. The van der Waals surface area contributed by atoms with E-state index in [1.165, 1.54) is 0 Å². The Morgan fingerprint density at radius 3 is 2.70 bits per heavy atom. The van der Waals surface area contributed by atoms with Gasteiger partial charge in [-0.15, -0.1) is 0 Å². The Kier molecular flexibility index (Phi) is 4.17. The van der Waals surface area contributed by atoms with E-state index in [2.05, 4.69) is 4.98 Å². The van der Waals surface area contributed by atoms with E-state index in [0.29, 0.717) is 11.8 Å². The molecule has 4 heteroatoms. The minimum absolute atomic E-state index is 0.0333. The standard InChI is InChI=1S/C19H20N2O2/c1-12(20)13-6-7-15(18(11-13)23-2)10-14-4-3-5-17-16(14)8-9-21-19(17)22/h3-9,11-12H,10,20H2,1-2H3,(H,21,22)/t12-/m1/s1. The zero-order valence-electron chi connectivity index (χ0n) is 13.3. The Hall–Kier alpha value is -2.59. The van der Waals surface area contributed by atoms with Gasteiger partial charge >= 0.3 is 0 Å². The number of nitrogens with two attached hydrogens (primary N) is 1. The molecule has 0 aliphatic rings. The molecule has 3 aromatic rings. The summed E-state index contributed by atoms with van der Waals surface area (Å²) in [6, 6.07) is 13.8. The number of benzene rings is 2. The van der Waals surface area contributed by atoms with E-state index in [1.54, 1.807) is 13.3 Å². The predicted octanol–water partition coefficient (Wildman–Crippen LogP) is 3.15. The number of hydrogen-bond donors (Lipinski definition) is 2. The normalized spacial score (nSPS) is 12.3. The van der Waals surface area contributed by atoms with Crippen LogP contribution in [0, 0.1) is 0 Å². The van der Waals surface area contributed by atoms with Gasteiger partial charge in [-0.1, -0.05) is 24.3 Å². The average molecular weight is 308 g/mol. The summed E-state index contributed by atoms with van der Waals surface area (Å²) >= 11 is 0. The summed E-state index contributed by atoms with van der Waals surface area (Å²) in [5, 5.41) is 1.67. The molecule has 0 bridgehead atoms. The first-order chi connectivity index (χ1) is 11.1. The van der Waals surface area contributed by atoms with E-state index in [1.807, 2.05) is 49.4 Å². The lowest BCUT2D eigenvalue weighted by Crippen LogP contribution is -2.07. The highest BCUT2D eigenvalue weighted by Crippen LogP contribution is 2.27. The second-order valence-electron chi connectivity index (χ2n) is 5.72. The minimum atomic E-state index is -0.0661. The molecule has 1 aromatic heterocycles. The van der Waals surface area contributed by atoms with Crippen LogP contribution in [0.25, 0.3) is 10.8 Å². The van der Waals surface area contributed by atoms with Crippen molar-refractivity contribution in [3.63, 3.8) is 0 Å². The highest BCUT2D eigenvalue weighted by Gasteiger charge is 2.10. The number of aromatic amines is 1. The van der Waals surface area contributed by atoms with Gasteiger partial charge < -0.3 is 15.5 Å². The quantitative estimate of drug-likeness (QED) is 0.778. The zero-order valence-corrected chi connectivity index (χ0v) is 13.3. The van der Waals surface area contributed by atoms with Crippen molar-refractivity contribution in [2.45, 2.75) is 19.4 Å². The van der Waals surface area contributed by atoms with E-state index in [4.69, 9.17) is 10.5 Å². The van der Waals surface area contributed by atoms with Gasteiger partial charge in [0.25, 0.3) is 5.56 Å². The summed E-state index contributed by atoms with van der Waals surface area (Å²) in [7, 11) is 1.66. The maximum Gasteiger partial charge on any atom is 0.255 e. The van der Waals surface area contributed by atoms with Crippen molar-refractivity contribution in [1.29, 1.82) is 0 Å². The summed E-state index contributed by atoms with van der Waals surface area (Å²) in [6.07, 6.45) is 2.38. The van der Waals surface area contributed by atoms with Gasteiger partial charge in [0, 0.05) is 24.0 Å². The topological polar surface area (TPSA) is 68.1 Å². The van der Waals surface area contributed by atoms with Gasteiger partial charge in [0.15, 0.2) is 0 Å². The van der Waals surface area contributed by atoms with Crippen LogP contribution in [0.3, 0.4) is 0 Å². The Balaban J connectivity index is 2.06. The fourth-order valence-electron chi connectivity index (χ4n) is 2.84. The van der Waals surface area contributed by atoms with Crippen molar-refractivity contribution in [3.8, 4) is 5.75 Å². The predicted molar refractivity (Wildman–Crippen MR) is 93.0 cm³/mol. The van der Waals surface area contributed by atoms with Gasteiger partial charge in [0.05, 0.1) is 7.11 Å². The van der Waals surface area contributed by atoms with E-state index in [0.717, 1.165) is 27.8 Å². The molecule has 2 aromatic carbocycles. The summed E-state index contributed by atoms with van der Waals surface area (Å²) in [4.78, 5) is 14.6. The number of nitrogens with one attached hydrogen (secondary N) is 1. The van der Waals surface area contributed by atoms with Crippen LogP contribution in [0.2, 0.25) is 0 Å². The fourth-order valence-corrected chi connectivity index (χ4v) is 2.84. The molecule has 0 saturated heterocycles. The number of fused-ring (bicyclic) bond motifs is 1. The van der Waals surface area contributed by atoms with E-state index < -0.39 is 0 Å². The lowest BCUT2D eigenvalue weighted by Gasteiger charge is -2.13. The first-order valence-corrected chi connectivity index (χ1v) is 7.62. The Morgan fingerprint density at radius 2 is 1.96 bits per heavy atom. The second kappa shape index (κ2) is 6.26. The SMILES string of the molecule is COc1cc([C@@H](C)N)ccc1Cc1cccc2c(=O)[nH]ccc12. The van der Waals surface area contributed by atoms with Gasteiger partial charge in [-0.05, 0) is 47.2 Å². The number of hydrogen-bond acceptors (Lipinski definition) is 3. The van der Waals surface area contributed by atoms with Crippen LogP contribution >= 0.6 is 0 Å². The van der Waals surface area contributed by atoms with Gasteiger partial charge in [-0.2, -0.15) is 0 Å². The van der Waals surface area contributed by atoms with Crippen molar-refractivity contribution in [3.05, 3.63) is 75.7 Å². The van der Waals surface area contributed by atoms with E-state index >= 15 is 0 Å². The van der Waals surface area contributed by atoms with Crippen LogP contribution in [-0.2, 0) is 6.42 Å². The number of pyridine rings is 1. The Bertz CT molecular complexity index is 897. The van der Waals surface area contributed by atoms with E-state index in [-0.39, 0.29) is 11.6 Å². The van der Waals surface area contributed by atoms with Crippen molar-refractivity contribution in [2.75, 3.05) is 7.11 Å². The second-order valence-corrected chi connectivity index (χ2v) is 5.72. The van der Waals surface area contributed by atoms with Crippen molar-refractivity contribution >= 4 is 10.8 Å². The monoisotopic (exact) mass is 308 g/mol. The van der Waals surface area contributed by atoms with Crippen LogP contribution in [-0.4, -0.2) is 12.1 Å².